The maximum absolute atomic E-state index is 13.6. The SMILES string of the molecule is CC(C)[C@@H]1[C@H](OC(=O)N[C@@H](Cc2ccccc2)[C@H](O)CN2CCN(C3CCCCC3)C[C@H]2C(=O)NC(C)(C)C)CCS1(=O)=O. The first-order valence-electron chi connectivity index (χ1n) is 16.4. The molecule has 3 aliphatic rings. The number of carbonyl (C=O) groups excluding carboxylic acids is 2. The molecule has 248 valence electrons. The van der Waals surface area contributed by atoms with E-state index in [-0.39, 0.29) is 30.5 Å². The van der Waals surface area contributed by atoms with E-state index in [1.807, 2.05) is 65.0 Å². The third-order valence-electron chi connectivity index (χ3n) is 9.29. The Morgan fingerprint density at radius 3 is 2.36 bits per heavy atom. The summed E-state index contributed by atoms with van der Waals surface area (Å²) in [5, 5.41) is 16.9. The van der Waals surface area contributed by atoms with E-state index in [4.69, 9.17) is 4.74 Å². The molecular formula is C33H54N4O6S. The molecular weight excluding hydrogens is 580 g/mol. The van der Waals surface area contributed by atoms with Crippen molar-refractivity contribution in [2.45, 2.75) is 121 Å². The standard InChI is InChI=1S/C33H54N4O6S/c1-23(2)30-29(16-19-44(30,41)42)43-32(40)34-26(20-24-12-8-6-9-13-24)28(38)22-37-18-17-36(25-14-10-7-11-15-25)21-27(37)31(39)35-33(3,4)5/h6,8-9,12-13,23,25-30,38H,7,10-11,14-22H2,1-5H3,(H,34,40)(H,35,39)/t26-,27-,28+,29+,30+/m0/s1. The molecule has 0 unspecified atom stereocenters. The minimum atomic E-state index is -3.34. The van der Waals surface area contributed by atoms with E-state index < -0.39 is 51.0 Å². The van der Waals surface area contributed by atoms with Crippen molar-refractivity contribution in [2.75, 3.05) is 31.9 Å². The van der Waals surface area contributed by atoms with E-state index in [1.54, 1.807) is 0 Å². The van der Waals surface area contributed by atoms with Gasteiger partial charge >= 0.3 is 6.09 Å². The number of ether oxygens (including phenoxy) is 1. The smallest absolute Gasteiger partial charge is 0.407 e. The highest BCUT2D eigenvalue weighted by Crippen LogP contribution is 2.30. The van der Waals surface area contributed by atoms with Gasteiger partial charge in [-0.2, -0.15) is 0 Å². The molecule has 10 nitrogen and oxygen atoms in total. The fourth-order valence-electron chi connectivity index (χ4n) is 7.16. The Bertz CT molecular complexity index is 1200. The number of aliphatic hydroxyl groups excluding tert-OH is 1. The molecule has 4 rings (SSSR count). The van der Waals surface area contributed by atoms with Gasteiger partial charge in [0, 0.05) is 37.8 Å². The first-order chi connectivity index (χ1) is 20.7. The quantitative estimate of drug-likeness (QED) is 0.358. The van der Waals surface area contributed by atoms with Crippen molar-refractivity contribution in [3.63, 3.8) is 0 Å². The molecule has 0 radical (unpaired) electrons. The number of rotatable bonds is 10. The van der Waals surface area contributed by atoms with Crippen LogP contribution in [-0.2, 0) is 25.8 Å². The molecule has 11 heteroatoms. The molecule has 2 saturated heterocycles. The number of nitrogens with zero attached hydrogens (tertiary/aromatic N) is 2. The van der Waals surface area contributed by atoms with Crippen LogP contribution in [-0.4, -0.2) is 108 Å². The molecule has 1 aromatic carbocycles. The highest BCUT2D eigenvalue weighted by Gasteiger charge is 2.45. The van der Waals surface area contributed by atoms with Crippen molar-refractivity contribution in [2.24, 2.45) is 5.92 Å². The van der Waals surface area contributed by atoms with Crippen molar-refractivity contribution < 1.29 is 27.9 Å². The monoisotopic (exact) mass is 634 g/mol. The van der Waals surface area contributed by atoms with Crippen LogP contribution in [0.2, 0.25) is 0 Å². The van der Waals surface area contributed by atoms with Crippen LogP contribution in [0.1, 0.15) is 78.7 Å². The minimum Gasteiger partial charge on any atom is -0.445 e. The van der Waals surface area contributed by atoms with Crippen molar-refractivity contribution in [3.05, 3.63) is 35.9 Å². The number of β-amino-alcohol motifs (C(OH)–C–C–N with tert-alkyl or cyclic N) is 1. The number of hydrogen-bond donors (Lipinski definition) is 3. The maximum atomic E-state index is 13.6. The molecule has 0 spiro atoms. The first kappa shape index (κ1) is 34.7. The Labute approximate surface area is 264 Å². The maximum Gasteiger partial charge on any atom is 0.407 e. The summed E-state index contributed by atoms with van der Waals surface area (Å²) in [5.41, 5.74) is 0.543. The Kier molecular flexibility index (Phi) is 11.8. The fraction of sp³-hybridized carbons (Fsp3) is 0.758. The van der Waals surface area contributed by atoms with Crippen LogP contribution >= 0.6 is 0 Å². The van der Waals surface area contributed by atoms with Crippen LogP contribution in [0.3, 0.4) is 0 Å². The molecule has 3 fully saturated rings. The number of amides is 2. The third kappa shape index (κ3) is 9.40. The molecule has 0 bridgehead atoms. The molecule has 44 heavy (non-hydrogen) atoms. The van der Waals surface area contributed by atoms with Crippen LogP contribution in [0.25, 0.3) is 0 Å². The summed E-state index contributed by atoms with van der Waals surface area (Å²) < 4.78 is 30.9. The van der Waals surface area contributed by atoms with Gasteiger partial charge in [-0.15, -0.1) is 0 Å². The van der Waals surface area contributed by atoms with Crippen LogP contribution in [0.4, 0.5) is 4.79 Å². The Morgan fingerprint density at radius 1 is 1.05 bits per heavy atom. The highest BCUT2D eigenvalue weighted by molar-refractivity contribution is 7.92. The molecule has 5 atom stereocenters. The Hall–Kier alpha value is -2.21. The summed E-state index contributed by atoms with van der Waals surface area (Å²) in [5.74, 6) is -0.247. The van der Waals surface area contributed by atoms with E-state index in [1.165, 1.54) is 19.3 Å². The first-order valence-corrected chi connectivity index (χ1v) is 18.2. The van der Waals surface area contributed by atoms with Crippen LogP contribution in [0, 0.1) is 5.92 Å². The van der Waals surface area contributed by atoms with Crippen molar-refractivity contribution in [1.29, 1.82) is 0 Å². The van der Waals surface area contributed by atoms with Gasteiger partial charge in [-0.25, -0.2) is 13.2 Å². The lowest BCUT2D eigenvalue weighted by Crippen LogP contribution is -2.64. The van der Waals surface area contributed by atoms with Gasteiger partial charge in [0.1, 0.15) is 17.4 Å². The molecule has 2 aliphatic heterocycles. The van der Waals surface area contributed by atoms with Gasteiger partial charge in [-0.05, 0) is 57.9 Å². The van der Waals surface area contributed by atoms with Crippen molar-refractivity contribution in [3.8, 4) is 0 Å². The Balaban J connectivity index is 1.49. The second-order valence-electron chi connectivity index (χ2n) is 14.4. The number of benzene rings is 1. The largest absolute Gasteiger partial charge is 0.445 e. The number of piperazine rings is 1. The van der Waals surface area contributed by atoms with E-state index in [0.717, 1.165) is 24.9 Å². The van der Waals surface area contributed by atoms with Gasteiger partial charge < -0.3 is 20.5 Å². The van der Waals surface area contributed by atoms with Gasteiger partial charge in [0.05, 0.1) is 17.9 Å². The molecule has 2 amide bonds. The van der Waals surface area contributed by atoms with Gasteiger partial charge in [0.25, 0.3) is 0 Å². The number of sulfone groups is 1. The third-order valence-corrected chi connectivity index (χ3v) is 11.8. The summed E-state index contributed by atoms with van der Waals surface area (Å²) in [4.78, 5) is 31.3. The van der Waals surface area contributed by atoms with Gasteiger partial charge in [0.2, 0.25) is 5.91 Å². The molecule has 1 saturated carbocycles. The van der Waals surface area contributed by atoms with Crippen LogP contribution in [0.15, 0.2) is 30.3 Å². The average molecular weight is 635 g/mol. The number of aliphatic hydroxyl groups is 1. The zero-order valence-corrected chi connectivity index (χ0v) is 28.0. The summed E-state index contributed by atoms with van der Waals surface area (Å²) in [6, 6.07) is 8.95. The van der Waals surface area contributed by atoms with E-state index in [0.29, 0.717) is 25.6 Å². The second kappa shape index (κ2) is 14.9. The zero-order valence-electron chi connectivity index (χ0n) is 27.2. The lowest BCUT2D eigenvalue weighted by molar-refractivity contribution is -0.132. The second-order valence-corrected chi connectivity index (χ2v) is 16.6. The highest BCUT2D eigenvalue weighted by atomic mass is 32.2. The predicted octanol–water partition coefficient (Wildman–Crippen LogP) is 3.13. The van der Waals surface area contributed by atoms with E-state index in [2.05, 4.69) is 20.4 Å². The van der Waals surface area contributed by atoms with Gasteiger partial charge in [-0.1, -0.05) is 63.4 Å². The Morgan fingerprint density at radius 2 is 1.73 bits per heavy atom. The van der Waals surface area contributed by atoms with Gasteiger partial charge in [0.15, 0.2) is 9.84 Å². The summed E-state index contributed by atoms with van der Waals surface area (Å²) >= 11 is 0. The average Bonchev–Trinajstić information content (AvgIpc) is 3.26. The summed E-state index contributed by atoms with van der Waals surface area (Å²) in [6.07, 6.45) is 4.17. The minimum absolute atomic E-state index is 0.00524. The summed E-state index contributed by atoms with van der Waals surface area (Å²) in [7, 11) is -3.34. The predicted molar refractivity (Wildman–Crippen MR) is 172 cm³/mol. The zero-order chi connectivity index (χ0) is 32.1. The molecule has 0 aromatic heterocycles. The van der Waals surface area contributed by atoms with Crippen molar-refractivity contribution >= 4 is 21.8 Å². The number of hydrogen-bond acceptors (Lipinski definition) is 8. The lowest BCUT2D eigenvalue weighted by Gasteiger charge is -2.46. The molecule has 2 heterocycles. The van der Waals surface area contributed by atoms with Crippen LogP contribution in [0.5, 0.6) is 0 Å². The van der Waals surface area contributed by atoms with Crippen molar-refractivity contribution in [1.82, 2.24) is 20.4 Å². The molecule has 3 N–H and O–H groups in total. The van der Waals surface area contributed by atoms with E-state index >= 15 is 0 Å². The topological polar surface area (TPSA) is 128 Å². The summed E-state index contributed by atoms with van der Waals surface area (Å²) in [6.45, 7) is 11.8. The number of alkyl carbamates (subject to hydrolysis) is 1. The van der Waals surface area contributed by atoms with Crippen LogP contribution < -0.4 is 10.6 Å². The van der Waals surface area contributed by atoms with Gasteiger partial charge in [-0.3, -0.25) is 14.6 Å². The van der Waals surface area contributed by atoms with E-state index in [9.17, 15) is 23.1 Å². The molecule has 1 aliphatic carbocycles. The lowest BCUT2D eigenvalue weighted by atomic mass is 9.92. The normalized spacial score (nSPS) is 26.7. The molecule has 1 aromatic rings. The number of carbonyl (C=O) groups is 2. The fourth-order valence-corrected chi connectivity index (χ4v) is 9.48. The number of nitrogens with one attached hydrogen (secondary N) is 2.